The quantitative estimate of drug-likeness (QED) is 0.871. The fourth-order valence-corrected chi connectivity index (χ4v) is 2.69. The van der Waals surface area contributed by atoms with Gasteiger partial charge in [0.05, 0.1) is 0 Å². The van der Waals surface area contributed by atoms with Gasteiger partial charge in [-0.05, 0) is 36.5 Å². The topological polar surface area (TPSA) is 72.6 Å². The first-order valence-electron chi connectivity index (χ1n) is 6.41. The Morgan fingerprint density at radius 3 is 2.42 bits per heavy atom. The van der Waals surface area contributed by atoms with Gasteiger partial charge in [0, 0.05) is 19.1 Å². The molecule has 1 aliphatic rings. The minimum Gasteiger partial charge on any atom is -0.480 e. The maximum absolute atomic E-state index is 13.0. The number of rotatable bonds is 4. The highest BCUT2D eigenvalue weighted by Gasteiger charge is 2.33. The van der Waals surface area contributed by atoms with Crippen LogP contribution in [0.3, 0.4) is 0 Å². The van der Waals surface area contributed by atoms with E-state index >= 15 is 0 Å². The molecule has 1 fully saturated rings. The van der Waals surface area contributed by atoms with E-state index in [1.54, 1.807) is 12.1 Å². The summed E-state index contributed by atoms with van der Waals surface area (Å²) in [6.07, 6.45) is 1.56. The van der Waals surface area contributed by atoms with Gasteiger partial charge in [0.15, 0.2) is 0 Å². The van der Waals surface area contributed by atoms with Crippen LogP contribution in [0.4, 0.5) is 4.39 Å². The number of nitrogens with two attached hydrogens (primary N) is 1. The molecule has 0 saturated carbocycles. The summed E-state index contributed by atoms with van der Waals surface area (Å²) in [5.74, 6) is -1.51. The number of benzene rings is 1. The smallest absolute Gasteiger partial charge is 0.321 e. The predicted octanol–water partition coefficient (Wildman–Crippen LogP) is 1.75. The number of carbonyl (C=O) groups is 1. The molecule has 0 spiro atoms. The Bertz CT molecular complexity index is 429. The molecule has 1 aromatic carbocycles. The molecule has 19 heavy (non-hydrogen) atoms. The van der Waals surface area contributed by atoms with E-state index in [2.05, 4.69) is 0 Å². The number of aliphatic carboxylic acids is 1. The first-order valence-corrected chi connectivity index (χ1v) is 6.41. The number of carboxylic acid groups (broad SMARTS) is 1. The van der Waals surface area contributed by atoms with E-state index in [1.165, 1.54) is 12.1 Å². The van der Waals surface area contributed by atoms with Gasteiger partial charge in [0.1, 0.15) is 11.9 Å². The molecule has 1 aromatic rings. The van der Waals surface area contributed by atoms with Crippen molar-refractivity contribution in [2.45, 2.75) is 24.8 Å². The molecule has 2 atom stereocenters. The van der Waals surface area contributed by atoms with Gasteiger partial charge in [0.2, 0.25) is 0 Å². The van der Waals surface area contributed by atoms with Crippen LogP contribution in [-0.4, -0.2) is 30.3 Å². The lowest BCUT2D eigenvalue weighted by molar-refractivity contribution is -0.139. The van der Waals surface area contributed by atoms with Crippen molar-refractivity contribution in [3.63, 3.8) is 0 Å². The average molecular weight is 267 g/mol. The van der Waals surface area contributed by atoms with Crippen LogP contribution in [-0.2, 0) is 9.53 Å². The van der Waals surface area contributed by atoms with Crippen molar-refractivity contribution in [1.29, 1.82) is 0 Å². The lowest BCUT2D eigenvalue weighted by Gasteiger charge is -2.32. The summed E-state index contributed by atoms with van der Waals surface area (Å²) in [7, 11) is 0. The average Bonchev–Trinajstić information content (AvgIpc) is 2.42. The minimum absolute atomic E-state index is 0.158. The summed E-state index contributed by atoms with van der Waals surface area (Å²) >= 11 is 0. The van der Waals surface area contributed by atoms with Crippen LogP contribution < -0.4 is 5.73 Å². The van der Waals surface area contributed by atoms with Crippen molar-refractivity contribution < 1.29 is 19.0 Å². The highest BCUT2D eigenvalue weighted by atomic mass is 19.1. The van der Waals surface area contributed by atoms with Crippen LogP contribution >= 0.6 is 0 Å². The molecule has 0 aromatic heterocycles. The van der Waals surface area contributed by atoms with E-state index in [4.69, 9.17) is 15.6 Å². The van der Waals surface area contributed by atoms with E-state index in [9.17, 15) is 9.18 Å². The van der Waals surface area contributed by atoms with Crippen LogP contribution in [0.1, 0.15) is 24.3 Å². The SMILES string of the molecule is NC(C(=O)O)C(c1ccc(F)cc1)C1CCOCC1. The maximum atomic E-state index is 13.0. The van der Waals surface area contributed by atoms with E-state index in [1.807, 2.05) is 0 Å². The summed E-state index contributed by atoms with van der Waals surface area (Å²) in [5, 5.41) is 9.17. The first kappa shape index (κ1) is 14.0. The fraction of sp³-hybridized carbons (Fsp3) is 0.500. The first-order chi connectivity index (χ1) is 9.09. The van der Waals surface area contributed by atoms with E-state index in [0.717, 1.165) is 18.4 Å². The van der Waals surface area contributed by atoms with Crippen molar-refractivity contribution in [3.05, 3.63) is 35.6 Å². The standard InChI is InChI=1S/C14H18FNO3/c15-11-3-1-9(2-4-11)12(13(16)14(17)18)10-5-7-19-8-6-10/h1-4,10,12-13H,5-8,16H2,(H,17,18). The molecule has 1 aliphatic heterocycles. The molecule has 104 valence electrons. The number of ether oxygens (including phenoxy) is 1. The van der Waals surface area contributed by atoms with Gasteiger partial charge in [-0.1, -0.05) is 12.1 Å². The van der Waals surface area contributed by atoms with Gasteiger partial charge in [0.25, 0.3) is 0 Å². The van der Waals surface area contributed by atoms with Crippen LogP contribution in [0, 0.1) is 11.7 Å². The van der Waals surface area contributed by atoms with Gasteiger partial charge in [-0.15, -0.1) is 0 Å². The van der Waals surface area contributed by atoms with Gasteiger partial charge >= 0.3 is 5.97 Å². The van der Waals surface area contributed by atoms with Crippen molar-refractivity contribution in [1.82, 2.24) is 0 Å². The second kappa shape index (κ2) is 6.12. The highest BCUT2D eigenvalue weighted by Crippen LogP contribution is 2.34. The summed E-state index contributed by atoms with van der Waals surface area (Å²) in [6, 6.07) is 4.96. The molecule has 0 aliphatic carbocycles. The van der Waals surface area contributed by atoms with Crippen molar-refractivity contribution in [3.8, 4) is 0 Å². The number of carboxylic acids is 1. The summed E-state index contributed by atoms with van der Waals surface area (Å²) in [5.41, 5.74) is 6.61. The van der Waals surface area contributed by atoms with Gasteiger partial charge in [-0.2, -0.15) is 0 Å². The zero-order valence-corrected chi connectivity index (χ0v) is 10.6. The van der Waals surface area contributed by atoms with Crippen LogP contribution in [0.15, 0.2) is 24.3 Å². The number of hydrogen-bond donors (Lipinski definition) is 2. The van der Waals surface area contributed by atoms with Gasteiger partial charge in [-0.25, -0.2) is 4.39 Å². The molecule has 3 N–H and O–H groups in total. The highest BCUT2D eigenvalue weighted by molar-refractivity contribution is 5.74. The Morgan fingerprint density at radius 1 is 1.32 bits per heavy atom. The molecule has 4 nitrogen and oxygen atoms in total. The summed E-state index contributed by atoms with van der Waals surface area (Å²) < 4.78 is 18.3. The molecule has 0 bridgehead atoms. The van der Waals surface area contributed by atoms with E-state index in [-0.39, 0.29) is 17.7 Å². The molecule has 0 amide bonds. The molecule has 1 saturated heterocycles. The normalized spacial score (nSPS) is 19.9. The largest absolute Gasteiger partial charge is 0.480 e. The number of hydrogen-bond acceptors (Lipinski definition) is 3. The minimum atomic E-state index is -1.03. The Kier molecular flexibility index (Phi) is 4.50. The van der Waals surface area contributed by atoms with Crippen LogP contribution in [0.5, 0.6) is 0 Å². The monoisotopic (exact) mass is 267 g/mol. The fourth-order valence-electron chi connectivity index (χ4n) is 2.69. The Morgan fingerprint density at radius 2 is 1.89 bits per heavy atom. The third-order valence-corrected chi connectivity index (χ3v) is 3.70. The second-order valence-electron chi connectivity index (χ2n) is 4.89. The summed E-state index contributed by atoms with van der Waals surface area (Å²) in [6.45, 7) is 1.24. The van der Waals surface area contributed by atoms with Crippen molar-refractivity contribution in [2.75, 3.05) is 13.2 Å². The van der Waals surface area contributed by atoms with Crippen LogP contribution in [0.2, 0.25) is 0 Å². The maximum Gasteiger partial charge on any atom is 0.321 e. The molecular weight excluding hydrogens is 249 g/mol. The number of halogens is 1. The lowest BCUT2D eigenvalue weighted by Crippen LogP contribution is -2.41. The van der Waals surface area contributed by atoms with E-state index < -0.39 is 12.0 Å². The predicted molar refractivity (Wildman–Crippen MR) is 68.3 cm³/mol. The van der Waals surface area contributed by atoms with Crippen molar-refractivity contribution in [2.24, 2.45) is 11.7 Å². The molecular formula is C14H18FNO3. The third kappa shape index (κ3) is 3.30. The third-order valence-electron chi connectivity index (χ3n) is 3.70. The lowest BCUT2D eigenvalue weighted by atomic mass is 9.77. The zero-order valence-electron chi connectivity index (χ0n) is 10.6. The Labute approximate surface area is 111 Å². The molecule has 1 heterocycles. The molecule has 5 heteroatoms. The summed E-state index contributed by atoms with van der Waals surface area (Å²) in [4.78, 5) is 11.2. The van der Waals surface area contributed by atoms with Gasteiger partial charge in [-0.3, -0.25) is 4.79 Å². The van der Waals surface area contributed by atoms with Crippen LogP contribution in [0.25, 0.3) is 0 Å². The Hall–Kier alpha value is -1.46. The molecule has 0 radical (unpaired) electrons. The second-order valence-corrected chi connectivity index (χ2v) is 4.89. The molecule has 2 unspecified atom stereocenters. The van der Waals surface area contributed by atoms with Crippen molar-refractivity contribution >= 4 is 5.97 Å². The van der Waals surface area contributed by atoms with E-state index in [0.29, 0.717) is 13.2 Å². The van der Waals surface area contributed by atoms with Gasteiger partial charge < -0.3 is 15.6 Å². The Balaban J connectivity index is 2.27. The zero-order chi connectivity index (χ0) is 13.8. The molecule has 2 rings (SSSR count).